The average molecular weight is 340 g/mol. The van der Waals surface area contributed by atoms with E-state index >= 15 is 0 Å². The largest absolute Gasteiger partial charge is 0.465 e. The van der Waals surface area contributed by atoms with Gasteiger partial charge in [-0.05, 0) is 43.1 Å². The summed E-state index contributed by atoms with van der Waals surface area (Å²) in [4.78, 5) is 14.1. The second-order valence-corrected chi connectivity index (χ2v) is 7.03. The molecule has 0 fully saturated rings. The lowest BCUT2D eigenvalue weighted by molar-refractivity contribution is 0.0601. The quantitative estimate of drug-likeness (QED) is 0.656. The smallest absolute Gasteiger partial charge is 0.341 e. The van der Waals surface area contributed by atoms with E-state index in [0.717, 1.165) is 15.4 Å². The third-order valence-corrected chi connectivity index (χ3v) is 5.25. The van der Waals surface area contributed by atoms with Crippen LogP contribution in [0.4, 0.5) is 5.00 Å². The molecule has 112 valence electrons. The molecule has 0 atom stereocenters. The fraction of sp³-hybridized carbons (Fsp3) is 0.286. The standard InChI is InChI=1S/C14H16N2O2S3/c1-8-9(2)21-12(11(8)13(17)18-3)16-14(19)15-7-10-5-4-6-20-10/h4-6H,7H2,1-3H3,(H2,15,16,19). The molecule has 0 aromatic carbocycles. The van der Waals surface area contributed by atoms with Gasteiger partial charge in [0.2, 0.25) is 0 Å². The van der Waals surface area contributed by atoms with Gasteiger partial charge < -0.3 is 15.4 Å². The number of esters is 1. The first-order chi connectivity index (χ1) is 10.0. The molecule has 0 radical (unpaired) electrons. The van der Waals surface area contributed by atoms with Crippen LogP contribution in [-0.2, 0) is 11.3 Å². The molecule has 0 spiro atoms. The number of nitrogens with one attached hydrogen (secondary N) is 2. The molecule has 0 amide bonds. The van der Waals surface area contributed by atoms with Crippen molar-refractivity contribution in [2.45, 2.75) is 20.4 Å². The predicted octanol–water partition coefficient (Wildman–Crippen LogP) is 3.70. The Morgan fingerprint density at radius 1 is 1.43 bits per heavy atom. The van der Waals surface area contributed by atoms with Crippen LogP contribution in [0, 0.1) is 13.8 Å². The summed E-state index contributed by atoms with van der Waals surface area (Å²) in [7, 11) is 1.38. The number of thiophene rings is 2. The lowest BCUT2D eigenvalue weighted by atomic mass is 10.1. The second kappa shape index (κ2) is 7.02. The Kier molecular flexibility index (Phi) is 5.33. The molecule has 4 nitrogen and oxygen atoms in total. The molecule has 0 unspecified atom stereocenters. The van der Waals surface area contributed by atoms with Crippen LogP contribution < -0.4 is 10.6 Å². The summed E-state index contributed by atoms with van der Waals surface area (Å²) in [5.74, 6) is -0.347. The fourth-order valence-electron chi connectivity index (χ4n) is 1.79. The van der Waals surface area contributed by atoms with Crippen molar-refractivity contribution in [3.05, 3.63) is 38.4 Å². The molecule has 0 saturated carbocycles. The van der Waals surface area contributed by atoms with Crippen LogP contribution in [0.2, 0.25) is 0 Å². The van der Waals surface area contributed by atoms with Crippen molar-refractivity contribution in [3.63, 3.8) is 0 Å². The second-order valence-electron chi connectivity index (χ2n) is 4.37. The van der Waals surface area contributed by atoms with E-state index in [1.54, 1.807) is 11.3 Å². The predicted molar refractivity (Wildman–Crippen MR) is 92.5 cm³/mol. The fourth-order valence-corrected chi connectivity index (χ4v) is 3.73. The number of hydrogen-bond acceptors (Lipinski definition) is 5. The number of carbonyl (C=O) groups is 1. The molecule has 0 bridgehead atoms. The number of aryl methyl sites for hydroxylation is 1. The first kappa shape index (κ1) is 15.9. The van der Waals surface area contributed by atoms with E-state index in [9.17, 15) is 4.79 Å². The number of ether oxygens (including phenoxy) is 1. The zero-order valence-corrected chi connectivity index (χ0v) is 14.4. The molecule has 2 aromatic heterocycles. The lowest BCUT2D eigenvalue weighted by Crippen LogP contribution is -2.27. The number of anilines is 1. The first-order valence-electron chi connectivity index (χ1n) is 6.28. The summed E-state index contributed by atoms with van der Waals surface area (Å²) in [6.45, 7) is 4.55. The highest BCUT2D eigenvalue weighted by atomic mass is 32.1. The van der Waals surface area contributed by atoms with E-state index in [1.807, 2.05) is 31.4 Å². The Morgan fingerprint density at radius 2 is 2.19 bits per heavy atom. The summed E-state index contributed by atoms with van der Waals surface area (Å²) < 4.78 is 4.84. The van der Waals surface area contributed by atoms with Gasteiger partial charge in [0.05, 0.1) is 19.2 Å². The van der Waals surface area contributed by atoms with Gasteiger partial charge in [-0.15, -0.1) is 22.7 Å². The van der Waals surface area contributed by atoms with E-state index in [0.29, 0.717) is 17.2 Å². The van der Waals surface area contributed by atoms with Crippen molar-refractivity contribution in [2.75, 3.05) is 12.4 Å². The van der Waals surface area contributed by atoms with Gasteiger partial charge in [0.15, 0.2) is 5.11 Å². The molecular weight excluding hydrogens is 324 g/mol. The van der Waals surface area contributed by atoms with Gasteiger partial charge in [-0.2, -0.15) is 0 Å². The van der Waals surface area contributed by atoms with Crippen molar-refractivity contribution in [1.29, 1.82) is 0 Å². The third kappa shape index (κ3) is 3.81. The van der Waals surface area contributed by atoms with E-state index < -0.39 is 0 Å². The molecule has 2 aromatic rings. The average Bonchev–Trinajstić information content (AvgIpc) is 3.06. The van der Waals surface area contributed by atoms with Crippen LogP contribution in [0.5, 0.6) is 0 Å². The van der Waals surface area contributed by atoms with Crippen LogP contribution in [0.1, 0.15) is 25.7 Å². The maximum Gasteiger partial charge on any atom is 0.341 e. The number of methoxy groups -OCH3 is 1. The van der Waals surface area contributed by atoms with Gasteiger partial charge in [-0.25, -0.2) is 4.79 Å². The van der Waals surface area contributed by atoms with Crippen molar-refractivity contribution >= 4 is 51.0 Å². The minimum Gasteiger partial charge on any atom is -0.465 e. The van der Waals surface area contributed by atoms with E-state index in [2.05, 4.69) is 10.6 Å². The summed E-state index contributed by atoms with van der Waals surface area (Å²) in [6, 6.07) is 4.04. The Morgan fingerprint density at radius 3 is 2.81 bits per heavy atom. The van der Waals surface area contributed by atoms with Crippen LogP contribution in [0.25, 0.3) is 0 Å². The van der Waals surface area contributed by atoms with Gasteiger partial charge in [0.25, 0.3) is 0 Å². The van der Waals surface area contributed by atoms with Crippen molar-refractivity contribution in [1.82, 2.24) is 5.32 Å². The van der Waals surface area contributed by atoms with E-state index in [1.165, 1.54) is 23.3 Å². The summed E-state index contributed by atoms with van der Waals surface area (Å²) in [6.07, 6.45) is 0. The van der Waals surface area contributed by atoms with E-state index in [-0.39, 0.29) is 5.97 Å². The molecule has 2 rings (SSSR count). The monoisotopic (exact) mass is 340 g/mol. The maximum atomic E-state index is 11.9. The number of hydrogen-bond donors (Lipinski definition) is 2. The number of rotatable bonds is 4. The Balaban J connectivity index is 2.06. The lowest BCUT2D eigenvalue weighted by Gasteiger charge is -2.10. The number of thiocarbonyl (C=S) groups is 1. The normalized spacial score (nSPS) is 10.2. The first-order valence-corrected chi connectivity index (χ1v) is 8.39. The van der Waals surface area contributed by atoms with Gasteiger partial charge >= 0.3 is 5.97 Å². The Labute approximate surface area is 137 Å². The zero-order valence-electron chi connectivity index (χ0n) is 12.0. The molecule has 2 N–H and O–H groups in total. The highest BCUT2D eigenvalue weighted by molar-refractivity contribution is 7.80. The SMILES string of the molecule is COC(=O)c1c(NC(=S)NCc2cccs2)sc(C)c1C. The topological polar surface area (TPSA) is 50.4 Å². The molecule has 7 heteroatoms. The van der Waals surface area contributed by atoms with E-state index in [4.69, 9.17) is 17.0 Å². The summed E-state index contributed by atoms with van der Waals surface area (Å²) in [5.41, 5.74) is 1.48. The Bertz CT molecular complexity index is 647. The van der Waals surface area contributed by atoms with Crippen LogP contribution in [0.15, 0.2) is 17.5 Å². The summed E-state index contributed by atoms with van der Waals surface area (Å²) in [5, 5.41) is 9.46. The minimum absolute atomic E-state index is 0.347. The van der Waals surface area contributed by atoms with Crippen LogP contribution in [0.3, 0.4) is 0 Å². The van der Waals surface area contributed by atoms with Crippen molar-refractivity contribution in [3.8, 4) is 0 Å². The molecule has 0 aliphatic heterocycles. The Hall–Kier alpha value is -1.44. The molecule has 0 saturated heterocycles. The summed E-state index contributed by atoms with van der Waals surface area (Å²) >= 11 is 8.45. The van der Waals surface area contributed by atoms with Gasteiger partial charge in [0.1, 0.15) is 5.00 Å². The van der Waals surface area contributed by atoms with Crippen LogP contribution >= 0.6 is 34.9 Å². The highest BCUT2D eigenvalue weighted by Crippen LogP contribution is 2.32. The maximum absolute atomic E-state index is 11.9. The minimum atomic E-state index is -0.347. The van der Waals surface area contributed by atoms with Gasteiger partial charge in [-0.1, -0.05) is 6.07 Å². The van der Waals surface area contributed by atoms with Crippen molar-refractivity contribution in [2.24, 2.45) is 0 Å². The van der Waals surface area contributed by atoms with Gasteiger partial charge in [0, 0.05) is 9.75 Å². The molecule has 2 heterocycles. The van der Waals surface area contributed by atoms with Gasteiger partial charge in [-0.3, -0.25) is 0 Å². The molecule has 0 aliphatic carbocycles. The zero-order chi connectivity index (χ0) is 15.4. The highest BCUT2D eigenvalue weighted by Gasteiger charge is 2.20. The third-order valence-electron chi connectivity index (χ3n) is 3.01. The molecule has 21 heavy (non-hydrogen) atoms. The van der Waals surface area contributed by atoms with Crippen molar-refractivity contribution < 1.29 is 9.53 Å². The molecular formula is C14H16N2O2S3. The number of carbonyl (C=O) groups excluding carboxylic acids is 1. The van der Waals surface area contributed by atoms with Crippen LogP contribution in [-0.4, -0.2) is 18.2 Å². The molecule has 0 aliphatic rings.